The second-order valence-electron chi connectivity index (χ2n) is 6.32. The first kappa shape index (κ1) is 20.0. The zero-order valence-electron chi connectivity index (χ0n) is 16.1. The molecule has 0 aliphatic rings. The van der Waals surface area contributed by atoms with Crippen molar-refractivity contribution in [2.24, 2.45) is 0 Å². The maximum Gasteiger partial charge on any atom is 0.387 e. The fraction of sp³-hybridized carbons (Fsp3) is 0.211. The predicted octanol–water partition coefficient (Wildman–Crippen LogP) is 3.75. The minimum absolute atomic E-state index is 0.0690. The average Bonchev–Trinajstić information content (AvgIpc) is 3.33. The van der Waals surface area contributed by atoms with Gasteiger partial charge in [-0.3, -0.25) is 4.57 Å². The molecule has 0 aliphatic carbocycles. The van der Waals surface area contributed by atoms with E-state index in [2.05, 4.69) is 30.5 Å². The van der Waals surface area contributed by atoms with Gasteiger partial charge in [0.1, 0.15) is 11.6 Å². The SMILES string of the molecule is Cc1ccccc1-n1c(C)nnc1SCc1nnnn1-c1ccc(OC(F)F)cc1. The number of alkyl halides is 2. The summed E-state index contributed by atoms with van der Waals surface area (Å²) in [5, 5.41) is 21.0. The largest absolute Gasteiger partial charge is 0.435 e. The highest BCUT2D eigenvalue weighted by molar-refractivity contribution is 7.98. The van der Waals surface area contributed by atoms with Gasteiger partial charge in [-0.05, 0) is 60.2 Å². The lowest BCUT2D eigenvalue weighted by Crippen LogP contribution is -2.05. The molecule has 0 amide bonds. The smallest absolute Gasteiger partial charge is 0.387 e. The highest BCUT2D eigenvalue weighted by Gasteiger charge is 2.16. The fourth-order valence-corrected chi connectivity index (χ4v) is 3.82. The number of benzene rings is 2. The van der Waals surface area contributed by atoms with Crippen molar-refractivity contribution >= 4 is 11.8 Å². The number of hydrogen-bond donors (Lipinski definition) is 0. The third-order valence-corrected chi connectivity index (χ3v) is 5.25. The van der Waals surface area contributed by atoms with Gasteiger partial charge in [0.15, 0.2) is 11.0 Å². The Hall–Kier alpha value is -3.34. The van der Waals surface area contributed by atoms with Gasteiger partial charge in [-0.1, -0.05) is 30.0 Å². The summed E-state index contributed by atoms with van der Waals surface area (Å²) >= 11 is 1.45. The quantitative estimate of drug-likeness (QED) is 0.414. The zero-order valence-corrected chi connectivity index (χ0v) is 16.9. The van der Waals surface area contributed by atoms with Crippen molar-refractivity contribution in [1.29, 1.82) is 0 Å². The van der Waals surface area contributed by atoms with Crippen LogP contribution < -0.4 is 4.74 Å². The number of hydrogen-bond acceptors (Lipinski definition) is 7. The Morgan fingerprint density at radius 2 is 1.77 bits per heavy atom. The first-order chi connectivity index (χ1) is 14.5. The van der Waals surface area contributed by atoms with E-state index in [4.69, 9.17) is 0 Å². The summed E-state index contributed by atoms with van der Waals surface area (Å²) in [6.07, 6.45) is 0. The minimum Gasteiger partial charge on any atom is -0.435 e. The van der Waals surface area contributed by atoms with Crippen LogP contribution in [0.15, 0.2) is 53.7 Å². The Bertz CT molecular complexity index is 1140. The maximum atomic E-state index is 12.3. The van der Waals surface area contributed by atoms with E-state index < -0.39 is 6.61 Å². The van der Waals surface area contributed by atoms with Gasteiger partial charge < -0.3 is 4.74 Å². The summed E-state index contributed by atoms with van der Waals surface area (Å²) in [6.45, 7) is 1.06. The zero-order chi connectivity index (χ0) is 21.1. The highest BCUT2D eigenvalue weighted by atomic mass is 32.2. The summed E-state index contributed by atoms with van der Waals surface area (Å²) in [6, 6.07) is 14.1. The third-order valence-electron chi connectivity index (χ3n) is 4.32. The van der Waals surface area contributed by atoms with Gasteiger partial charge in [0, 0.05) is 0 Å². The molecule has 0 N–H and O–H groups in total. The Kier molecular flexibility index (Phi) is 5.70. The predicted molar refractivity (Wildman–Crippen MR) is 106 cm³/mol. The van der Waals surface area contributed by atoms with Gasteiger partial charge >= 0.3 is 6.61 Å². The molecule has 4 rings (SSSR count). The van der Waals surface area contributed by atoms with Gasteiger partial charge in [0.25, 0.3) is 0 Å². The Morgan fingerprint density at radius 3 is 2.50 bits per heavy atom. The summed E-state index contributed by atoms with van der Waals surface area (Å²) in [7, 11) is 0. The number of nitrogens with zero attached hydrogens (tertiary/aromatic N) is 7. The molecule has 0 spiro atoms. The summed E-state index contributed by atoms with van der Waals surface area (Å²) < 4.78 is 32.6. The van der Waals surface area contributed by atoms with Crippen LogP contribution in [-0.4, -0.2) is 41.6 Å². The van der Waals surface area contributed by atoms with Gasteiger partial charge in [0.2, 0.25) is 0 Å². The van der Waals surface area contributed by atoms with E-state index in [0.717, 1.165) is 22.2 Å². The van der Waals surface area contributed by atoms with E-state index in [0.29, 0.717) is 17.3 Å². The van der Waals surface area contributed by atoms with Crippen LogP contribution in [0.4, 0.5) is 8.78 Å². The molecule has 0 aliphatic heterocycles. The van der Waals surface area contributed by atoms with E-state index in [1.807, 2.05) is 42.7 Å². The number of para-hydroxylation sites is 1. The molecule has 2 aromatic heterocycles. The maximum absolute atomic E-state index is 12.3. The number of ether oxygens (including phenoxy) is 1. The van der Waals surface area contributed by atoms with Crippen molar-refractivity contribution in [1.82, 2.24) is 35.0 Å². The summed E-state index contributed by atoms with van der Waals surface area (Å²) in [5.41, 5.74) is 2.75. The normalized spacial score (nSPS) is 11.2. The molecule has 154 valence electrons. The lowest BCUT2D eigenvalue weighted by molar-refractivity contribution is -0.0498. The molecule has 0 fully saturated rings. The van der Waals surface area contributed by atoms with E-state index in [1.165, 1.54) is 23.9 Å². The molecule has 0 bridgehead atoms. The molecule has 30 heavy (non-hydrogen) atoms. The van der Waals surface area contributed by atoms with Crippen molar-refractivity contribution in [2.75, 3.05) is 0 Å². The van der Waals surface area contributed by atoms with Gasteiger partial charge in [0.05, 0.1) is 17.1 Å². The van der Waals surface area contributed by atoms with Crippen LogP contribution in [0.25, 0.3) is 11.4 Å². The second-order valence-corrected chi connectivity index (χ2v) is 7.26. The van der Waals surface area contributed by atoms with Crippen LogP contribution >= 0.6 is 11.8 Å². The number of aryl methyl sites for hydroxylation is 2. The molecule has 11 heteroatoms. The Morgan fingerprint density at radius 1 is 1.00 bits per heavy atom. The Labute approximate surface area is 174 Å². The molecule has 0 atom stereocenters. The van der Waals surface area contributed by atoms with E-state index in [1.54, 1.807) is 16.8 Å². The molecule has 0 saturated carbocycles. The van der Waals surface area contributed by atoms with Gasteiger partial charge in [-0.2, -0.15) is 13.5 Å². The van der Waals surface area contributed by atoms with Gasteiger partial charge in [-0.15, -0.1) is 15.3 Å². The van der Waals surface area contributed by atoms with Crippen molar-refractivity contribution in [3.8, 4) is 17.1 Å². The third kappa shape index (κ3) is 4.15. The van der Waals surface area contributed by atoms with Gasteiger partial charge in [-0.25, -0.2) is 0 Å². The number of tetrazole rings is 1. The van der Waals surface area contributed by atoms with Crippen LogP contribution in [0.2, 0.25) is 0 Å². The standard InChI is InChI=1S/C19H17F2N7OS/c1-12-5-3-4-6-16(12)27-13(2)22-24-19(27)30-11-17-23-25-26-28(17)14-7-9-15(10-8-14)29-18(20)21/h3-10,18H,11H2,1-2H3. The van der Waals surface area contributed by atoms with Crippen molar-refractivity contribution in [2.45, 2.75) is 31.4 Å². The molecular weight excluding hydrogens is 412 g/mol. The van der Waals surface area contributed by atoms with E-state index >= 15 is 0 Å². The van der Waals surface area contributed by atoms with Crippen molar-refractivity contribution < 1.29 is 13.5 Å². The van der Waals surface area contributed by atoms with Crippen LogP contribution in [0.5, 0.6) is 5.75 Å². The molecule has 2 aromatic carbocycles. The lowest BCUT2D eigenvalue weighted by Gasteiger charge is -2.11. The summed E-state index contributed by atoms with van der Waals surface area (Å²) in [5.74, 6) is 1.87. The molecule has 0 radical (unpaired) electrons. The van der Waals surface area contributed by atoms with E-state index in [-0.39, 0.29) is 5.75 Å². The first-order valence-electron chi connectivity index (χ1n) is 8.96. The summed E-state index contributed by atoms with van der Waals surface area (Å²) in [4.78, 5) is 0. The number of halogens is 2. The van der Waals surface area contributed by atoms with Crippen molar-refractivity contribution in [3.63, 3.8) is 0 Å². The van der Waals surface area contributed by atoms with Crippen LogP contribution in [0.3, 0.4) is 0 Å². The molecule has 2 heterocycles. The molecule has 0 saturated heterocycles. The minimum atomic E-state index is -2.87. The van der Waals surface area contributed by atoms with Crippen LogP contribution in [-0.2, 0) is 5.75 Å². The molecular formula is C19H17F2N7OS. The average molecular weight is 429 g/mol. The molecule has 4 aromatic rings. The van der Waals surface area contributed by atoms with E-state index in [9.17, 15) is 8.78 Å². The highest BCUT2D eigenvalue weighted by Crippen LogP contribution is 2.26. The fourth-order valence-electron chi connectivity index (χ4n) is 2.92. The number of rotatable bonds is 7. The second kappa shape index (κ2) is 8.57. The molecule has 8 nitrogen and oxygen atoms in total. The van der Waals surface area contributed by atoms with Crippen LogP contribution in [0, 0.1) is 13.8 Å². The molecule has 0 unspecified atom stereocenters. The topological polar surface area (TPSA) is 83.5 Å². The first-order valence-corrected chi connectivity index (χ1v) is 9.95. The number of aromatic nitrogens is 7. The monoisotopic (exact) mass is 429 g/mol. The number of thioether (sulfide) groups is 1. The Balaban J connectivity index is 1.55. The van der Waals surface area contributed by atoms with Crippen molar-refractivity contribution in [3.05, 3.63) is 65.7 Å². The van der Waals surface area contributed by atoms with Crippen LogP contribution in [0.1, 0.15) is 17.2 Å². The lowest BCUT2D eigenvalue weighted by atomic mass is 10.2.